The minimum atomic E-state index is 1.12. The van der Waals surface area contributed by atoms with E-state index in [1.807, 2.05) is 11.8 Å². The van der Waals surface area contributed by atoms with Crippen molar-refractivity contribution in [1.82, 2.24) is 4.90 Å². The average molecular weight is 195 g/mol. The van der Waals surface area contributed by atoms with Crippen LogP contribution < -0.4 is 0 Å². The van der Waals surface area contributed by atoms with Crippen LogP contribution in [0.1, 0.15) is 12.5 Å². The van der Waals surface area contributed by atoms with E-state index in [4.69, 9.17) is 0 Å². The molecule has 0 aliphatic rings. The maximum Gasteiger partial charge on any atom is 0.0444 e. The third kappa shape index (κ3) is 4.34. The van der Waals surface area contributed by atoms with E-state index in [2.05, 4.69) is 49.2 Å². The molecule has 0 unspecified atom stereocenters. The Hall–Kier alpha value is -0.470. The lowest BCUT2D eigenvalue weighted by Crippen LogP contribution is -2.16. The van der Waals surface area contributed by atoms with Gasteiger partial charge in [0.15, 0.2) is 0 Å². The molecule has 0 heterocycles. The van der Waals surface area contributed by atoms with Crippen LogP contribution >= 0.6 is 11.8 Å². The third-order valence-corrected chi connectivity index (χ3v) is 3.12. The predicted molar refractivity (Wildman–Crippen MR) is 60.9 cm³/mol. The van der Waals surface area contributed by atoms with Gasteiger partial charge in [0.2, 0.25) is 0 Å². The largest absolute Gasteiger partial charge is 0.297 e. The zero-order chi connectivity index (χ0) is 9.52. The fourth-order valence-electron chi connectivity index (χ4n) is 0.985. The van der Waals surface area contributed by atoms with Crippen LogP contribution in [0.3, 0.4) is 0 Å². The lowest BCUT2D eigenvalue weighted by atomic mass is 10.2. The molecule has 1 aromatic carbocycles. The maximum absolute atomic E-state index is 2.31. The van der Waals surface area contributed by atoms with Crippen molar-refractivity contribution in [1.29, 1.82) is 0 Å². The van der Waals surface area contributed by atoms with Gasteiger partial charge in [-0.05, 0) is 19.2 Å². The van der Waals surface area contributed by atoms with E-state index in [0.717, 1.165) is 18.2 Å². The molecule has 72 valence electrons. The molecule has 0 saturated carbocycles. The number of nitrogens with zero attached hydrogens (tertiary/aromatic N) is 1. The summed E-state index contributed by atoms with van der Waals surface area (Å²) in [6.45, 7) is 3.31. The summed E-state index contributed by atoms with van der Waals surface area (Å²) in [4.78, 5) is 2.31. The fourth-order valence-corrected chi connectivity index (χ4v) is 2.00. The molecule has 1 rings (SSSR count). The standard InChI is InChI=1S/C11H17NS/c1-3-12(2)10-13-9-11-7-5-4-6-8-11/h4-8H,3,9-10H2,1-2H3. The zero-order valence-electron chi connectivity index (χ0n) is 8.36. The molecule has 0 saturated heterocycles. The molecule has 0 aromatic heterocycles. The Bertz CT molecular complexity index is 223. The van der Waals surface area contributed by atoms with E-state index in [9.17, 15) is 0 Å². The summed E-state index contributed by atoms with van der Waals surface area (Å²) in [5, 5.41) is 0. The van der Waals surface area contributed by atoms with Gasteiger partial charge in [-0.3, -0.25) is 4.90 Å². The Morgan fingerprint density at radius 1 is 1.23 bits per heavy atom. The van der Waals surface area contributed by atoms with Gasteiger partial charge in [0.25, 0.3) is 0 Å². The molecule has 1 aromatic rings. The molecule has 0 spiro atoms. The minimum absolute atomic E-state index is 1.12. The van der Waals surface area contributed by atoms with Crippen molar-refractivity contribution in [3.63, 3.8) is 0 Å². The molecule has 0 N–H and O–H groups in total. The number of hydrogen-bond donors (Lipinski definition) is 0. The smallest absolute Gasteiger partial charge is 0.0444 e. The number of benzene rings is 1. The van der Waals surface area contributed by atoms with Gasteiger partial charge in [0, 0.05) is 11.6 Å². The molecule has 0 fully saturated rings. The Morgan fingerprint density at radius 2 is 1.92 bits per heavy atom. The molecular formula is C11H17NS. The first-order chi connectivity index (χ1) is 6.33. The minimum Gasteiger partial charge on any atom is -0.297 e. The molecule has 1 nitrogen and oxygen atoms in total. The summed E-state index contributed by atoms with van der Waals surface area (Å²) in [6, 6.07) is 10.6. The summed E-state index contributed by atoms with van der Waals surface area (Å²) < 4.78 is 0. The Labute approximate surface area is 85.1 Å². The topological polar surface area (TPSA) is 3.24 Å². The predicted octanol–water partition coefficient (Wildman–Crippen LogP) is 2.83. The number of rotatable bonds is 5. The van der Waals surface area contributed by atoms with Gasteiger partial charge < -0.3 is 0 Å². The van der Waals surface area contributed by atoms with Crippen molar-refractivity contribution in [2.24, 2.45) is 0 Å². The first-order valence-corrected chi connectivity index (χ1v) is 5.78. The molecule has 0 amide bonds. The van der Waals surface area contributed by atoms with Crippen molar-refractivity contribution in [3.05, 3.63) is 35.9 Å². The molecule has 0 atom stereocenters. The van der Waals surface area contributed by atoms with Crippen LogP contribution in [-0.4, -0.2) is 24.4 Å². The lowest BCUT2D eigenvalue weighted by Gasteiger charge is -2.12. The monoisotopic (exact) mass is 195 g/mol. The highest BCUT2D eigenvalue weighted by atomic mass is 32.2. The van der Waals surface area contributed by atoms with E-state index >= 15 is 0 Å². The summed E-state index contributed by atoms with van der Waals surface area (Å²) >= 11 is 1.96. The average Bonchev–Trinajstić information content (AvgIpc) is 2.19. The van der Waals surface area contributed by atoms with Gasteiger partial charge in [-0.15, -0.1) is 11.8 Å². The van der Waals surface area contributed by atoms with E-state index < -0.39 is 0 Å². The van der Waals surface area contributed by atoms with Crippen molar-refractivity contribution in [3.8, 4) is 0 Å². The molecule has 0 aliphatic carbocycles. The second-order valence-electron chi connectivity index (χ2n) is 3.14. The zero-order valence-corrected chi connectivity index (χ0v) is 9.18. The van der Waals surface area contributed by atoms with Crippen LogP contribution in [0.5, 0.6) is 0 Å². The van der Waals surface area contributed by atoms with Gasteiger partial charge in [0.1, 0.15) is 0 Å². The third-order valence-electron chi connectivity index (χ3n) is 1.96. The van der Waals surface area contributed by atoms with Crippen molar-refractivity contribution >= 4 is 11.8 Å². The van der Waals surface area contributed by atoms with Gasteiger partial charge in [-0.2, -0.15) is 0 Å². The second kappa shape index (κ2) is 6.06. The highest BCUT2D eigenvalue weighted by Crippen LogP contribution is 2.11. The van der Waals surface area contributed by atoms with E-state index in [0.29, 0.717) is 0 Å². The molecule has 0 aliphatic heterocycles. The lowest BCUT2D eigenvalue weighted by molar-refractivity contribution is 0.416. The Kier molecular flexibility index (Phi) is 4.94. The van der Waals surface area contributed by atoms with Crippen LogP contribution in [0.4, 0.5) is 0 Å². The van der Waals surface area contributed by atoms with Gasteiger partial charge >= 0.3 is 0 Å². The molecule has 0 bridgehead atoms. The first kappa shape index (κ1) is 10.6. The Balaban J connectivity index is 2.20. The number of hydrogen-bond acceptors (Lipinski definition) is 2. The van der Waals surface area contributed by atoms with Crippen LogP contribution in [0, 0.1) is 0 Å². The SMILES string of the molecule is CCN(C)CSCc1ccccc1. The van der Waals surface area contributed by atoms with Crippen LogP contribution in [0.2, 0.25) is 0 Å². The summed E-state index contributed by atoms with van der Waals surface area (Å²) in [5.74, 6) is 2.23. The Morgan fingerprint density at radius 3 is 2.54 bits per heavy atom. The van der Waals surface area contributed by atoms with Gasteiger partial charge in [-0.1, -0.05) is 37.3 Å². The second-order valence-corrected chi connectivity index (χ2v) is 4.09. The molecule has 2 heteroatoms. The summed E-state index contributed by atoms with van der Waals surface area (Å²) in [6.07, 6.45) is 0. The molecular weight excluding hydrogens is 178 g/mol. The van der Waals surface area contributed by atoms with Crippen LogP contribution in [0.25, 0.3) is 0 Å². The highest BCUT2D eigenvalue weighted by molar-refractivity contribution is 7.98. The quantitative estimate of drug-likeness (QED) is 0.665. The van der Waals surface area contributed by atoms with Crippen molar-refractivity contribution in [2.75, 3.05) is 19.5 Å². The van der Waals surface area contributed by atoms with E-state index in [1.54, 1.807) is 0 Å². The maximum atomic E-state index is 2.31. The normalized spacial score (nSPS) is 10.7. The summed E-state index contributed by atoms with van der Waals surface area (Å²) in [5.41, 5.74) is 1.41. The van der Waals surface area contributed by atoms with Gasteiger partial charge in [-0.25, -0.2) is 0 Å². The van der Waals surface area contributed by atoms with Crippen molar-refractivity contribution in [2.45, 2.75) is 12.7 Å². The van der Waals surface area contributed by atoms with Crippen LogP contribution in [0.15, 0.2) is 30.3 Å². The highest BCUT2D eigenvalue weighted by Gasteiger charge is 1.95. The summed E-state index contributed by atoms with van der Waals surface area (Å²) in [7, 11) is 2.15. The van der Waals surface area contributed by atoms with Crippen LogP contribution in [-0.2, 0) is 5.75 Å². The molecule has 13 heavy (non-hydrogen) atoms. The number of thioether (sulfide) groups is 1. The van der Waals surface area contributed by atoms with Gasteiger partial charge in [0.05, 0.1) is 0 Å². The fraction of sp³-hybridized carbons (Fsp3) is 0.455. The van der Waals surface area contributed by atoms with E-state index in [1.165, 1.54) is 5.56 Å². The van der Waals surface area contributed by atoms with Crippen molar-refractivity contribution < 1.29 is 0 Å². The van der Waals surface area contributed by atoms with E-state index in [-0.39, 0.29) is 0 Å². The first-order valence-electron chi connectivity index (χ1n) is 4.63. The molecule has 0 radical (unpaired) electrons.